The monoisotopic (exact) mass is 419 g/mol. The molecule has 0 saturated heterocycles. The molecule has 1 N–H and O–H groups in total. The van der Waals surface area contributed by atoms with E-state index >= 15 is 0 Å². The zero-order chi connectivity index (χ0) is 21.9. The Hall–Kier alpha value is -3.16. The van der Waals surface area contributed by atoms with Gasteiger partial charge in [-0.15, -0.1) is 0 Å². The van der Waals surface area contributed by atoms with Gasteiger partial charge in [0.1, 0.15) is 5.82 Å². The summed E-state index contributed by atoms with van der Waals surface area (Å²) in [6.45, 7) is 3.78. The summed E-state index contributed by atoms with van der Waals surface area (Å²) in [6.07, 6.45) is -3.90. The summed E-state index contributed by atoms with van der Waals surface area (Å²) < 4.78 is 53.6. The minimum atomic E-state index is -4.45. The number of rotatable bonds is 6. The number of carbonyl (C=O) groups excluding carboxylic acids is 1. The third-order valence-electron chi connectivity index (χ3n) is 4.82. The Kier molecular flexibility index (Phi) is 6.24. The normalized spacial score (nSPS) is 11.5. The number of nitrogens with zero attached hydrogens (tertiary/aromatic N) is 2. The van der Waals surface area contributed by atoms with Gasteiger partial charge < -0.3 is 5.32 Å². The molecule has 1 heterocycles. The van der Waals surface area contributed by atoms with Crippen molar-refractivity contribution in [2.24, 2.45) is 0 Å². The smallest absolute Gasteiger partial charge is 0.355 e. The fourth-order valence-electron chi connectivity index (χ4n) is 3.26. The molecule has 4 nitrogen and oxygen atoms in total. The van der Waals surface area contributed by atoms with Crippen LogP contribution in [0.3, 0.4) is 0 Å². The van der Waals surface area contributed by atoms with Crippen molar-refractivity contribution < 1.29 is 22.4 Å². The molecule has 0 aliphatic heterocycles. The number of halogens is 4. The summed E-state index contributed by atoms with van der Waals surface area (Å²) >= 11 is 0. The molecular formula is C22H21F4N3O. The molecule has 0 radical (unpaired) electrons. The van der Waals surface area contributed by atoms with Crippen LogP contribution >= 0.6 is 0 Å². The van der Waals surface area contributed by atoms with Crippen LogP contribution in [0.1, 0.15) is 28.1 Å². The average molecular weight is 419 g/mol. The van der Waals surface area contributed by atoms with Gasteiger partial charge in [0.25, 0.3) is 0 Å². The number of alkyl halides is 3. The van der Waals surface area contributed by atoms with Crippen LogP contribution in [0.5, 0.6) is 0 Å². The van der Waals surface area contributed by atoms with Crippen molar-refractivity contribution in [2.75, 3.05) is 6.54 Å². The quantitative estimate of drug-likeness (QED) is 0.596. The molecule has 1 aromatic heterocycles. The van der Waals surface area contributed by atoms with Crippen LogP contribution in [-0.4, -0.2) is 22.2 Å². The maximum atomic E-state index is 13.2. The highest BCUT2D eigenvalue weighted by Crippen LogP contribution is 2.30. The van der Waals surface area contributed by atoms with Crippen LogP contribution in [0.25, 0.3) is 5.69 Å². The Balaban J connectivity index is 1.69. The minimum Gasteiger partial charge on any atom is -0.355 e. The molecule has 0 unspecified atom stereocenters. The molecule has 3 aromatic rings. The van der Waals surface area contributed by atoms with Gasteiger partial charge in [-0.2, -0.15) is 18.3 Å². The van der Waals surface area contributed by atoms with E-state index in [4.69, 9.17) is 0 Å². The Labute approximate surface area is 171 Å². The second kappa shape index (κ2) is 8.69. The van der Waals surface area contributed by atoms with Crippen molar-refractivity contribution in [3.8, 4) is 5.69 Å². The fraction of sp³-hybridized carbons (Fsp3) is 0.273. The standard InChI is InChI=1S/C22H21F4N3O/c1-14-20(13-21(30)27-10-9-16-5-3-7-18(23)11-16)15(2)29(28-14)19-8-4-6-17(12-19)22(24,25)26/h3-8,11-12H,9-10,13H2,1-2H3,(H,27,30). The lowest BCUT2D eigenvalue weighted by atomic mass is 10.1. The molecule has 1 amide bonds. The Morgan fingerprint density at radius 3 is 2.53 bits per heavy atom. The van der Waals surface area contributed by atoms with Crippen molar-refractivity contribution in [1.82, 2.24) is 15.1 Å². The van der Waals surface area contributed by atoms with E-state index in [1.165, 1.54) is 28.9 Å². The van der Waals surface area contributed by atoms with Gasteiger partial charge >= 0.3 is 6.18 Å². The van der Waals surface area contributed by atoms with Gasteiger partial charge in [-0.25, -0.2) is 9.07 Å². The Morgan fingerprint density at radius 2 is 1.83 bits per heavy atom. The molecule has 8 heteroatoms. The summed E-state index contributed by atoms with van der Waals surface area (Å²) in [4.78, 5) is 12.3. The van der Waals surface area contributed by atoms with Gasteiger partial charge in [0.2, 0.25) is 5.91 Å². The van der Waals surface area contributed by atoms with E-state index < -0.39 is 11.7 Å². The molecule has 0 spiro atoms. The largest absolute Gasteiger partial charge is 0.416 e. The zero-order valence-electron chi connectivity index (χ0n) is 16.6. The van der Waals surface area contributed by atoms with Crippen LogP contribution < -0.4 is 5.32 Å². The molecule has 0 fully saturated rings. The second-order valence-corrected chi connectivity index (χ2v) is 7.02. The molecule has 3 rings (SSSR count). The number of hydrogen-bond acceptors (Lipinski definition) is 2. The van der Waals surface area contributed by atoms with Crippen LogP contribution in [-0.2, 0) is 23.8 Å². The topological polar surface area (TPSA) is 46.9 Å². The first kappa shape index (κ1) is 21.5. The van der Waals surface area contributed by atoms with Crippen molar-refractivity contribution in [3.63, 3.8) is 0 Å². The average Bonchev–Trinajstić information content (AvgIpc) is 2.96. The number of aryl methyl sites for hydroxylation is 1. The van der Waals surface area contributed by atoms with Crippen LogP contribution in [0.2, 0.25) is 0 Å². The van der Waals surface area contributed by atoms with Gasteiger partial charge in [0, 0.05) is 17.8 Å². The predicted molar refractivity (Wildman–Crippen MR) is 105 cm³/mol. The van der Waals surface area contributed by atoms with Crippen molar-refractivity contribution in [2.45, 2.75) is 32.9 Å². The first-order chi connectivity index (χ1) is 14.1. The van der Waals surface area contributed by atoms with Crippen molar-refractivity contribution >= 4 is 5.91 Å². The maximum Gasteiger partial charge on any atom is 0.416 e. The van der Waals surface area contributed by atoms with Crippen LogP contribution in [0, 0.1) is 19.7 Å². The molecule has 2 aromatic carbocycles. The summed E-state index contributed by atoms with van der Waals surface area (Å²) in [5.41, 5.74) is 2.14. The Morgan fingerprint density at radius 1 is 1.10 bits per heavy atom. The van der Waals surface area contributed by atoms with Gasteiger partial charge in [-0.1, -0.05) is 18.2 Å². The first-order valence-electron chi connectivity index (χ1n) is 9.39. The van der Waals surface area contributed by atoms with E-state index in [9.17, 15) is 22.4 Å². The highest BCUT2D eigenvalue weighted by Gasteiger charge is 2.30. The van der Waals surface area contributed by atoms with E-state index in [0.717, 1.165) is 17.7 Å². The summed E-state index contributed by atoms with van der Waals surface area (Å²) in [6, 6.07) is 11.1. The van der Waals surface area contributed by atoms with Gasteiger partial charge in [0.05, 0.1) is 23.4 Å². The SMILES string of the molecule is Cc1nn(-c2cccc(C(F)(F)F)c2)c(C)c1CC(=O)NCCc1cccc(F)c1. The third-order valence-corrected chi connectivity index (χ3v) is 4.82. The molecule has 0 bridgehead atoms. The Bertz CT molecular complexity index is 1060. The summed E-state index contributed by atoms with van der Waals surface area (Å²) in [5.74, 6) is -0.562. The van der Waals surface area contributed by atoms with E-state index in [0.29, 0.717) is 29.9 Å². The molecule has 158 valence electrons. The highest BCUT2D eigenvalue weighted by atomic mass is 19.4. The zero-order valence-corrected chi connectivity index (χ0v) is 16.6. The number of benzene rings is 2. The molecule has 0 atom stereocenters. The summed E-state index contributed by atoms with van der Waals surface area (Å²) in [5, 5.41) is 7.11. The van der Waals surface area contributed by atoms with E-state index in [-0.39, 0.29) is 23.8 Å². The lowest BCUT2D eigenvalue weighted by Gasteiger charge is -2.10. The minimum absolute atomic E-state index is 0.0553. The lowest BCUT2D eigenvalue weighted by molar-refractivity contribution is -0.137. The molecule has 0 aliphatic carbocycles. The molecule has 30 heavy (non-hydrogen) atoms. The van der Waals surface area contributed by atoms with Gasteiger partial charge in [0.15, 0.2) is 0 Å². The van der Waals surface area contributed by atoms with Gasteiger partial charge in [-0.3, -0.25) is 4.79 Å². The van der Waals surface area contributed by atoms with E-state index in [1.54, 1.807) is 26.0 Å². The second-order valence-electron chi connectivity index (χ2n) is 7.02. The molecule has 0 saturated carbocycles. The highest BCUT2D eigenvalue weighted by molar-refractivity contribution is 5.79. The van der Waals surface area contributed by atoms with E-state index in [1.807, 2.05) is 0 Å². The third kappa shape index (κ3) is 5.06. The number of carbonyl (C=O) groups is 1. The first-order valence-corrected chi connectivity index (χ1v) is 9.39. The number of amides is 1. The number of aromatic nitrogens is 2. The van der Waals surface area contributed by atoms with Crippen LogP contribution in [0.15, 0.2) is 48.5 Å². The summed E-state index contributed by atoms with van der Waals surface area (Å²) in [7, 11) is 0. The van der Waals surface area contributed by atoms with Crippen LogP contribution in [0.4, 0.5) is 17.6 Å². The number of nitrogens with one attached hydrogen (secondary N) is 1. The molecule has 0 aliphatic rings. The van der Waals surface area contributed by atoms with Gasteiger partial charge in [-0.05, 0) is 56.2 Å². The number of hydrogen-bond donors (Lipinski definition) is 1. The van der Waals surface area contributed by atoms with E-state index in [2.05, 4.69) is 10.4 Å². The lowest BCUT2D eigenvalue weighted by Crippen LogP contribution is -2.27. The van der Waals surface area contributed by atoms with Crippen molar-refractivity contribution in [1.29, 1.82) is 0 Å². The maximum absolute atomic E-state index is 13.2. The fourth-order valence-corrected chi connectivity index (χ4v) is 3.26. The predicted octanol–water partition coefficient (Wildman–Crippen LogP) is 4.55. The molecular weight excluding hydrogens is 398 g/mol. The van der Waals surface area contributed by atoms with Crippen molar-refractivity contribution in [3.05, 3.63) is 82.4 Å².